The number of Topliss-reactive ketones (excluding diaryl/α,β-unsaturated/α-hetero) is 1. The van der Waals surface area contributed by atoms with Crippen molar-refractivity contribution < 1.29 is 72.5 Å². The number of alkyl carbamates (subject to hydrolysis) is 1. The third-order valence-corrected chi connectivity index (χ3v) is 12.7. The number of rotatable bonds is 10. The fraction of sp³-hybridized carbons (Fsp3) is 0.650. The van der Waals surface area contributed by atoms with Gasteiger partial charge >= 0.3 is 30.0 Å². The van der Waals surface area contributed by atoms with E-state index in [1.807, 2.05) is 0 Å². The van der Waals surface area contributed by atoms with Gasteiger partial charge in [-0.3, -0.25) is 14.4 Å². The van der Waals surface area contributed by atoms with Gasteiger partial charge in [0.2, 0.25) is 5.78 Å². The lowest BCUT2D eigenvalue weighted by molar-refractivity contribution is -0.345. The maximum atomic E-state index is 15.3. The quantitative estimate of drug-likeness (QED) is 0.197. The van der Waals surface area contributed by atoms with E-state index in [4.69, 9.17) is 28.4 Å². The van der Waals surface area contributed by atoms with Crippen molar-refractivity contribution in [3.8, 4) is 0 Å². The van der Waals surface area contributed by atoms with Crippen LogP contribution in [0.2, 0.25) is 0 Å². The highest BCUT2D eigenvalue weighted by molar-refractivity contribution is 6.02. The zero-order valence-corrected chi connectivity index (χ0v) is 32.6. The predicted octanol–water partition coefficient (Wildman–Crippen LogP) is 2.29. The van der Waals surface area contributed by atoms with Gasteiger partial charge in [0.1, 0.15) is 23.9 Å². The second-order valence-corrected chi connectivity index (χ2v) is 16.4. The molecule has 2 bridgehead atoms. The molecule has 1 heterocycles. The molecule has 4 fully saturated rings. The molecular weight excluding hydrogens is 734 g/mol. The second-order valence-electron chi connectivity index (χ2n) is 16.4. The molecule has 9 unspecified atom stereocenters. The number of esters is 4. The lowest BCUT2D eigenvalue weighted by atomic mass is 9.45. The summed E-state index contributed by atoms with van der Waals surface area (Å²) in [6.45, 7) is 9.69. The normalized spacial score (nSPS) is 35.4. The van der Waals surface area contributed by atoms with Crippen LogP contribution in [0.4, 0.5) is 4.79 Å². The molecule has 11 atom stereocenters. The summed E-state index contributed by atoms with van der Waals surface area (Å²) in [7, 11) is 0. The molecular formula is C40H51NO15. The molecule has 306 valence electrons. The first-order valence-electron chi connectivity index (χ1n) is 19.0. The lowest BCUT2D eigenvalue weighted by Gasteiger charge is -2.67. The van der Waals surface area contributed by atoms with Crippen molar-refractivity contribution >= 4 is 35.8 Å². The molecule has 0 aromatic heterocycles. The van der Waals surface area contributed by atoms with Gasteiger partial charge in [-0.15, -0.1) is 0 Å². The van der Waals surface area contributed by atoms with E-state index in [0.29, 0.717) is 12.8 Å². The van der Waals surface area contributed by atoms with Crippen molar-refractivity contribution in [1.29, 1.82) is 0 Å². The van der Waals surface area contributed by atoms with Gasteiger partial charge in [0, 0.05) is 38.0 Å². The number of allylic oxidation sites excluding steroid dienone is 1. The topological polar surface area (TPSA) is 231 Å². The first-order chi connectivity index (χ1) is 26.2. The first-order valence-corrected chi connectivity index (χ1v) is 19.0. The highest BCUT2D eigenvalue weighted by Gasteiger charge is 2.78. The molecule has 16 nitrogen and oxygen atoms in total. The molecule has 1 amide bonds. The van der Waals surface area contributed by atoms with Crippen LogP contribution in [0.3, 0.4) is 0 Å². The molecule has 56 heavy (non-hydrogen) atoms. The summed E-state index contributed by atoms with van der Waals surface area (Å²) in [6, 6.07) is 6.78. The fourth-order valence-electron chi connectivity index (χ4n) is 9.60. The molecule has 0 spiro atoms. The van der Waals surface area contributed by atoms with Gasteiger partial charge in [-0.25, -0.2) is 14.4 Å². The number of ketones is 1. The van der Waals surface area contributed by atoms with Crippen LogP contribution in [0.25, 0.3) is 0 Å². The Hall–Kier alpha value is -4.38. The van der Waals surface area contributed by atoms with Gasteiger partial charge in [0.25, 0.3) is 0 Å². The largest absolute Gasteiger partial charge is 0.460 e. The van der Waals surface area contributed by atoms with Crippen LogP contribution in [-0.4, -0.2) is 112 Å². The number of carbonyl (C=O) groups is 6. The maximum Gasteiger partial charge on any atom is 0.407 e. The SMILES string of the molecule is CCOC(=O)NC(C1CC1)C(O)C(=O)OC1CC2(O)C(OC(=O)c3ccccc3)C3[C@]4(OC(C)=O)COC4CC(O)[C@@]3(C)C(=O)C(OC(C)=O)=C(C1C)C2(C)C. The summed E-state index contributed by atoms with van der Waals surface area (Å²) >= 11 is 0. The van der Waals surface area contributed by atoms with Gasteiger partial charge in [-0.1, -0.05) is 39.0 Å². The number of hydrogen-bond acceptors (Lipinski definition) is 15. The van der Waals surface area contributed by atoms with Crippen LogP contribution >= 0.6 is 0 Å². The zero-order valence-electron chi connectivity index (χ0n) is 32.6. The molecule has 4 N–H and O–H groups in total. The van der Waals surface area contributed by atoms with Crippen molar-refractivity contribution in [2.75, 3.05) is 13.2 Å². The van der Waals surface area contributed by atoms with E-state index in [1.54, 1.807) is 45.9 Å². The molecule has 1 aliphatic heterocycles. The molecule has 4 aliphatic carbocycles. The minimum absolute atomic E-state index is 0.0169. The number of ether oxygens (including phenoxy) is 6. The highest BCUT2D eigenvalue weighted by atomic mass is 16.6. The Balaban J connectivity index is 1.55. The van der Waals surface area contributed by atoms with Crippen molar-refractivity contribution in [2.45, 2.75) is 122 Å². The number of carbonyl (C=O) groups excluding carboxylic acids is 6. The maximum absolute atomic E-state index is 15.3. The second kappa shape index (κ2) is 14.8. The average Bonchev–Trinajstić information content (AvgIpc) is 3.97. The van der Waals surface area contributed by atoms with Crippen LogP contribution in [0, 0.1) is 28.6 Å². The molecule has 1 aromatic carbocycles. The van der Waals surface area contributed by atoms with Gasteiger partial charge in [-0.2, -0.15) is 0 Å². The van der Waals surface area contributed by atoms with E-state index in [9.17, 15) is 39.3 Å². The summed E-state index contributed by atoms with van der Waals surface area (Å²) in [6.07, 6.45) is -7.90. The minimum atomic E-state index is -2.35. The van der Waals surface area contributed by atoms with Gasteiger partial charge in [0.05, 0.1) is 42.3 Å². The van der Waals surface area contributed by atoms with E-state index in [1.165, 1.54) is 19.1 Å². The van der Waals surface area contributed by atoms with E-state index in [0.717, 1.165) is 13.8 Å². The number of nitrogens with one attached hydrogen (secondary N) is 1. The molecule has 1 saturated heterocycles. The monoisotopic (exact) mass is 785 g/mol. The average molecular weight is 786 g/mol. The molecule has 1 aromatic rings. The lowest BCUT2D eigenvalue weighted by Crippen LogP contribution is -2.81. The number of aliphatic hydroxyl groups excluding tert-OH is 2. The number of aliphatic hydroxyl groups is 3. The Morgan fingerprint density at radius 3 is 2.23 bits per heavy atom. The van der Waals surface area contributed by atoms with Crippen molar-refractivity contribution in [3.05, 3.63) is 47.2 Å². The van der Waals surface area contributed by atoms with Crippen LogP contribution in [0.5, 0.6) is 0 Å². The number of benzene rings is 1. The van der Waals surface area contributed by atoms with Crippen molar-refractivity contribution in [2.24, 2.45) is 28.6 Å². The number of amides is 1. The summed E-state index contributed by atoms with van der Waals surface area (Å²) in [5.41, 5.74) is -7.69. The summed E-state index contributed by atoms with van der Waals surface area (Å²) in [5, 5.41) is 39.3. The highest BCUT2D eigenvalue weighted by Crippen LogP contribution is 2.65. The first kappa shape index (κ1) is 41.3. The van der Waals surface area contributed by atoms with E-state index < -0.39 is 118 Å². The molecule has 3 saturated carbocycles. The Labute approximate surface area is 324 Å². The van der Waals surface area contributed by atoms with Crippen molar-refractivity contribution in [3.63, 3.8) is 0 Å². The summed E-state index contributed by atoms with van der Waals surface area (Å²) < 4.78 is 34.9. The Kier molecular flexibility index (Phi) is 10.9. The van der Waals surface area contributed by atoms with Crippen LogP contribution in [0.15, 0.2) is 41.7 Å². The van der Waals surface area contributed by atoms with Gasteiger partial charge in [-0.05, 0) is 50.3 Å². The number of hydrogen-bond donors (Lipinski definition) is 4. The number of fused-ring (bicyclic) bond motifs is 5. The zero-order chi connectivity index (χ0) is 41.1. The van der Waals surface area contributed by atoms with Crippen LogP contribution < -0.4 is 5.32 Å². The Morgan fingerprint density at radius 2 is 1.68 bits per heavy atom. The standard InChI is InChI=1S/C40H51NO15/c1-8-51-36(49)41-28(22-14-15-22)29(45)35(48)54-24-17-40(50)33(55-34(47)23-12-10-9-11-13-23)31-38(7,25(44)16-26-39(31,18-52-26)56-21(4)43)32(46)30(53-20(3)42)27(19(24)2)37(40,5)6/h9-13,19,22,24-26,28-29,31,33,44-45,50H,8,14-18H2,1-7H3,(H,41,49)/t19?,24?,25?,26?,28?,29?,31?,33?,38-,39+,40?/m1/s1. The van der Waals surface area contributed by atoms with Gasteiger partial charge in [0.15, 0.2) is 17.5 Å². The predicted molar refractivity (Wildman–Crippen MR) is 191 cm³/mol. The molecule has 0 radical (unpaired) electrons. The van der Waals surface area contributed by atoms with E-state index >= 15 is 4.79 Å². The van der Waals surface area contributed by atoms with E-state index in [2.05, 4.69) is 5.32 Å². The fourth-order valence-corrected chi connectivity index (χ4v) is 9.60. The van der Waals surface area contributed by atoms with E-state index in [-0.39, 0.29) is 36.7 Å². The summed E-state index contributed by atoms with van der Waals surface area (Å²) in [5.74, 6) is -7.97. The Morgan fingerprint density at radius 1 is 1.02 bits per heavy atom. The summed E-state index contributed by atoms with van der Waals surface area (Å²) in [4.78, 5) is 81.4. The third-order valence-electron chi connectivity index (χ3n) is 12.7. The third kappa shape index (κ3) is 6.67. The minimum Gasteiger partial charge on any atom is -0.460 e. The molecule has 16 heteroatoms. The smallest absolute Gasteiger partial charge is 0.407 e. The van der Waals surface area contributed by atoms with Crippen LogP contribution in [-0.2, 0) is 47.6 Å². The van der Waals surface area contributed by atoms with Crippen molar-refractivity contribution in [1.82, 2.24) is 5.32 Å². The van der Waals surface area contributed by atoms with Gasteiger partial charge < -0.3 is 49.1 Å². The molecule has 5 aliphatic rings. The van der Waals surface area contributed by atoms with Crippen LogP contribution in [0.1, 0.15) is 84.5 Å². The molecule has 6 rings (SSSR count). The Bertz CT molecular complexity index is 1810.